The van der Waals surface area contributed by atoms with E-state index in [0.717, 1.165) is 0 Å². The number of anilines is 3. The number of hydrogen-bond acceptors (Lipinski definition) is 6. The van der Waals surface area contributed by atoms with Crippen molar-refractivity contribution in [2.75, 3.05) is 30.2 Å². The van der Waals surface area contributed by atoms with Crippen molar-refractivity contribution in [1.82, 2.24) is 9.78 Å². The zero-order chi connectivity index (χ0) is 27.5. The van der Waals surface area contributed by atoms with Gasteiger partial charge in [-0.25, -0.2) is 4.68 Å². The first-order valence-electron chi connectivity index (χ1n) is 12.1. The first kappa shape index (κ1) is 25.9. The van der Waals surface area contributed by atoms with Crippen molar-refractivity contribution < 1.29 is 19.1 Å². The molecule has 1 aliphatic heterocycles. The van der Waals surface area contributed by atoms with Crippen LogP contribution in [0.2, 0.25) is 5.02 Å². The molecule has 198 valence electrons. The highest BCUT2D eigenvalue weighted by Gasteiger charge is 2.37. The van der Waals surface area contributed by atoms with Crippen LogP contribution in [0, 0.1) is 0 Å². The number of benzene rings is 3. The molecule has 3 aromatic carbocycles. The fourth-order valence-electron chi connectivity index (χ4n) is 4.51. The molecule has 0 saturated heterocycles. The van der Waals surface area contributed by atoms with E-state index in [1.165, 1.54) is 6.20 Å². The van der Waals surface area contributed by atoms with Crippen molar-refractivity contribution in [3.8, 4) is 11.5 Å². The predicted octanol–water partition coefficient (Wildman–Crippen LogP) is 5.73. The number of rotatable bonds is 7. The number of allylic oxidation sites excluding steroid dienone is 1. The Bertz CT molecular complexity index is 1560. The summed E-state index contributed by atoms with van der Waals surface area (Å²) in [6.07, 6.45) is 1.48. The van der Waals surface area contributed by atoms with Crippen molar-refractivity contribution in [2.24, 2.45) is 0 Å². The molecule has 3 N–H and O–H groups in total. The number of nitrogens with zero attached hydrogens (tertiary/aromatic N) is 2. The lowest BCUT2D eigenvalue weighted by atomic mass is 9.93. The van der Waals surface area contributed by atoms with E-state index in [2.05, 4.69) is 21.0 Å². The van der Waals surface area contributed by atoms with Gasteiger partial charge in [0.15, 0.2) is 0 Å². The van der Waals surface area contributed by atoms with Gasteiger partial charge >= 0.3 is 0 Å². The Hall–Kier alpha value is -4.76. The van der Waals surface area contributed by atoms with Crippen LogP contribution in [0.25, 0.3) is 0 Å². The molecule has 0 unspecified atom stereocenters. The van der Waals surface area contributed by atoms with E-state index in [4.69, 9.17) is 21.1 Å². The summed E-state index contributed by atoms with van der Waals surface area (Å²) in [7, 11) is 3.12. The summed E-state index contributed by atoms with van der Waals surface area (Å²) in [5.74, 6) is 0.861. The van der Waals surface area contributed by atoms with Crippen molar-refractivity contribution >= 4 is 40.6 Å². The maximum absolute atomic E-state index is 13.8. The number of halogens is 1. The Morgan fingerprint density at radius 1 is 0.923 bits per heavy atom. The van der Waals surface area contributed by atoms with E-state index in [9.17, 15) is 9.59 Å². The van der Waals surface area contributed by atoms with Gasteiger partial charge in [-0.2, -0.15) is 5.10 Å². The second kappa shape index (κ2) is 10.9. The lowest BCUT2D eigenvalue weighted by Gasteiger charge is -2.31. The fourth-order valence-corrected chi connectivity index (χ4v) is 4.63. The van der Waals surface area contributed by atoms with Crippen molar-refractivity contribution in [3.05, 3.63) is 106 Å². The number of para-hydroxylation sites is 1. The number of hydrogen-bond donors (Lipinski definition) is 3. The monoisotopic (exact) mass is 543 g/mol. The van der Waals surface area contributed by atoms with Crippen LogP contribution >= 0.6 is 11.6 Å². The lowest BCUT2D eigenvalue weighted by molar-refractivity contribution is -0.113. The predicted molar refractivity (Wildman–Crippen MR) is 151 cm³/mol. The Morgan fingerprint density at radius 2 is 1.62 bits per heavy atom. The quantitative estimate of drug-likeness (QED) is 0.275. The number of aromatic nitrogens is 2. The Kier molecular flexibility index (Phi) is 7.25. The van der Waals surface area contributed by atoms with Gasteiger partial charge in [0.1, 0.15) is 28.9 Å². The Balaban J connectivity index is 1.60. The Labute approximate surface area is 230 Å². The molecular formula is C29H26ClN5O4. The highest BCUT2D eigenvalue weighted by Crippen LogP contribution is 2.42. The second-order valence-corrected chi connectivity index (χ2v) is 9.24. The largest absolute Gasteiger partial charge is 0.497 e. The number of ether oxygens (including phenoxy) is 2. The molecule has 1 atom stereocenters. The van der Waals surface area contributed by atoms with Crippen LogP contribution in [0.1, 0.15) is 28.9 Å². The van der Waals surface area contributed by atoms with Gasteiger partial charge in [-0.15, -0.1) is 0 Å². The number of amides is 2. The molecule has 1 aliphatic rings. The van der Waals surface area contributed by atoms with E-state index in [1.807, 2.05) is 18.2 Å². The van der Waals surface area contributed by atoms with Gasteiger partial charge < -0.3 is 25.4 Å². The summed E-state index contributed by atoms with van der Waals surface area (Å²) in [5, 5.41) is 14.2. The summed E-state index contributed by atoms with van der Waals surface area (Å²) in [4.78, 5) is 27.0. The molecule has 0 aliphatic carbocycles. The topological polar surface area (TPSA) is 107 Å². The third-order valence-electron chi connectivity index (χ3n) is 6.38. The molecular weight excluding hydrogens is 518 g/mol. The van der Waals surface area contributed by atoms with E-state index < -0.39 is 6.04 Å². The SMILES string of the molecule is COc1ccc(OC)c([C@@H]2C(C(=O)Nc3ccc(Cl)cc3)=C(C)Nc3c(C(=O)Nc4ccccc4)cnn32)c1. The van der Waals surface area contributed by atoms with Crippen LogP contribution in [-0.4, -0.2) is 35.8 Å². The molecule has 2 heterocycles. The first-order chi connectivity index (χ1) is 18.9. The number of methoxy groups -OCH3 is 2. The molecule has 0 radical (unpaired) electrons. The van der Waals surface area contributed by atoms with Gasteiger partial charge in [-0.1, -0.05) is 29.8 Å². The fraction of sp³-hybridized carbons (Fsp3) is 0.138. The standard InChI is InChI=1S/C29H26ClN5O4/c1-17-25(29(37)34-20-11-9-18(30)10-12-20)26(22-15-21(38-2)13-14-24(22)39-3)35-27(32-17)23(16-31-35)28(36)33-19-7-5-4-6-8-19/h4-16,26,32H,1-3H3,(H,33,36)(H,34,37)/t26-/m1/s1. The average Bonchev–Trinajstić information content (AvgIpc) is 3.37. The van der Waals surface area contributed by atoms with E-state index in [-0.39, 0.29) is 11.8 Å². The van der Waals surface area contributed by atoms with Gasteiger partial charge in [-0.3, -0.25) is 9.59 Å². The van der Waals surface area contributed by atoms with Crippen LogP contribution in [0.3, 0.4) is 0 Å². The summed E-state index contributed by atoms with van der Waals surface area (Å²) in [5.41, 5.74) is 3.13. The van der Waals surface area contributed by atoms with Crippen molar-refractivity contribution in [2.45, 2.75) is 13.0 Å². The maximum Gasteiger partial charge on any atom is 0.261 e. The molecule has 9 nitrogen and oxygen atoms in total. The minimum Gasteiger partial charge on any atom is -0.497 e. The van der Waals surface area contributed by atoms with Gasteiger partial charge in [-0.05, 0) is 61.5 Å². The van der Waals surface area contributed by atoms with Gasteiger partial charge in [0.2, 0.25) is 0 Å². The smallest absolute Gasteiger partial charge is 0.261 e. The molecule has 0 fully saturated rings. The number of fused-ring (bicyclic) bond motifs is 1. The molecule has 2 amide bonds. The van der Waals surface area contributed by atoms with E-state index in [0.29, 0.717) is 56.1 Å². The lowest BCUT2D eigenvalue weighted by Crippen LogP contribution is -2.32. The van der Waals surface area contributed by atoms with Gasteiger partial charge in [0, 0.05) is 27.7 Å². The van der Waals surface area contributed by atoms with Crippen molar-refractivity contribution in [1.29, 1.82) is 0 Å². The van der Waals surface area contributed by atoms with E-state index in [1.54, 1.807) is 80.4 Å². The molecule has 0 bridgehead atoms. The number of carbonyl (C=O) groups excluding carboxylic acids is 2. The molecule has 39 heavy (non-hydrogen) atoms. The van der Waals surface area contributed by atoms with Crippen LogP contribution in [0.15, 0.2) is 90.3 Å². The van der Waals surface area contributed by atoms with Crippen LogP contribution < -0.4 is 25.4 Å². The van der Waals surface area contributed by atoms with Crippen molar-refractivity contribution in [3.63, 3.8) is 0 Å². The third-order valence-corrected chi connectivity index (χ3v) is 6.63. The maximum atomic E-state index is 13.8. The molecule has 4 aromatic rings. The normalized spacial score (nSPS) is 14.2. The second-order valence-electron chi connectivity index (χ2n) is 8.81. The van der Waals surface area contributed by atoms with Gasteiger partial charge in [0.05, 0.1) is 26.0 Å². The van der Waals surface area contributed by atoms with E-state index >= 15 is 0 Å². The highest BCUT2D eigenvalue weighted by atomic mass is 35.5. The zero-order valence-corrected chi connectivity index (χ0v) is 22.2. The molecule has 1 aromatic heterocycles. The van der Waals surface area contributed by atoms with Gasteiger partial charge in [0.25, 0.3) is 11.8 Å². The zero-order valence-electron chi connectivity index (χ0n) is 21.5. The average molecular weight is 544 g/mol. The first-order valence-corrected chi connectivity index (χ1v) is 12.5. The van der Waals surface area contributed by atoms with Crippen LogP contribution in [0.5, 0.6) is 11.5 Å². The minimum absolute atomic E-state index is 0.322. The molecule has 10 heteroatoms. The van der Waals surface area contributed by atoms with Crippen LogP contribution in [0.4, 0.5) is 17.2 Å². The minimum atomic E-state index is -0.739. The summed E-state index contributed by atoms with van der Waals surface area (Å²) in [6, 6.07) is 20.6. The Morgan fingerprint density at radius 3 is 2.31 bits per heavy atom. The third kappa shape index (κ3) is 5.17. The molecule has 5 rings (SSSR count). The number of nitrogens with one attached hydrogen (secondary N) is 3. The molecule has 0 spiro atoms. The van der Waals surface area contributed by atoms with Crippen LogP contribution in [-0.2, 0) is 4.79 Å². The number of carbonyl (C=O) groups is 2. The molecule has 0 saturated carbocycles. The summed E-state index contributed by atoms with van der Waals surface area (Å²) < 4.78 is 12.8. The highest BCUT2D eigenvalue weighted by molar-refractivity contribution is 6.30. The summed E-state index contributed by atoms with van der Waals surface area (Å²) in [6.45, 7) is 1.78. The summed E-state index contributed by atoms with van der Waals surface area (Å²) >= 11 is 6.02.